The van der Waals surface area contributed by atoms with Crippen molar-refractivity contribution in [1.82, 2.24) is 0 Å². The fourth-order valence-electron chi connectivity index (χ4n) is 3.01. The Morgan fingerprint density at radius 2 is 2.00 bits per heavy atom. The Hall–Kier alpha value is -1.12. The van der Waals surface area contributed by atoms with Crippen molar-refractivity contribution in [1.29, 1.82) is 0 Å². The van der Waals surface area contributed by atoms with E-state index in [1.165, 1.54) is 30.4 Å². The molecule has 0 unspecified atom stereocenters. The van der Waals surface area contributed by atoms with Gasteiger partial charge in [0.2, 0.25) is 0 Å². The van der Waals surface area contributed by atoms with Crippen molar-refractivity contribution in [3.8, 4) is 0 Å². The molecule has 0 radical (unpaired) electrons. The van der Waals surface area contributed by atoms with E-state index in [-0.39, 0.29) is 17.9 Å². The van der Waals surface area contributed by atoms with Crippen LogP contribution in [0, 0.1) is 11.3 Å². The first-order valence-electron chi connectivity index (χ1n) is 8.30. The van der Waals surface area contributed by atoms with E-state index in [0.717, 1.165) is 5.57 Å². The largest absolute Gasteiger partial charge is 0.392 e. The summed E-state index contributed by atoms with van der Waals surface area (Å²) in [7, 11) is 0. The number of hydrogen-bond donors (Lipinski definition) is 2. The zero-order valence-corrected chi connectivity index (χ0v) is 14.8. The molecule has 0 aliphatic heterocycles. The highest BCUT2D eigenvalue weighted by Crippen LogP contribution is 2.40. The third-order valence-electron chi connectivity index (χ3n) is 4.62. The van der Waals surface area contributed by atoms with Gasteiger partial charge in [-0.05, 0) is 44.1 Å². The summed E-state index contributed by atoms with van der Waals surface area (Å²) in [6.45, 7) is 10.8. The smallest absolute Gasteiger partial charge is 0.0784 e. The van der Waals surface area contributed by atoms with Crippen LogP contribution in [0.25, 0.3) is 0 Å². The van der Waals surface area contributed by atoms with Crippen LogP contribution < -0.4 is 0 Å². The molecular formula is C20H32O2. The summed E-state index contributed by atoms with van der Waals surface area (Å²) in [5, 5.41) is 19.0. The van der Waals surface area contributed by atoms with Gasteiger partial charge >= 0.3 is 0 Å². The predicted molar refractivity (Wildman–Crippen MR) is 94.6 cm³/mol. The van der Waals surface area contributed by atoms with Gasteiger partial charge in [0.1, 0.15) is 0 Å². The summed E-state index contributed by atoms with van der Waals surface area (Å²) >= 11 is 0. The fraction of sp³-hybridized carbons (Fsp3) is 0.600. The minimum atomic E-state index is -0.508. The molecule has 1 aliphatic rings. The fourth-order valence-corrected chi connectivity index (χ4v) is 3.01. The topological polar surface area (TPSA) is 40.5 Å². The van der Waals surface area contributed by atoms with Gasteiger partial charge in [-0.2, -0.15) is 0 Å². The van der Waals surface area contributed by atoms with Crippen molar-refractivity contribution in [2.45, 2.75) is 60.0 Å². The van der Waals surface area contributed by atoms with Crippen LogP contribution in [-0.2, 0) is 0 Å². The molecule has 1 aliphatic carbocycles. The second-order valence-electron chi connectivity index (χ2n) is 7.13. The van der Waals surface area contributed by atoms with E-state index in [0.29, 0.717) is 0 Å². The maximum atomic E-state index is 10.2. The van der Waals surface area contributed by atoms with E-state index in [1.54, 1.807) is 12.2 Å². The third kappa shape index (κ3) is 5.58. The molecule has 0 spiro atoms. The van der Waals surface area contributed by atoms with Crippen molar-refractivity contribution in [3.05, 3.63) is 47.1 Å². The lowest BCUT2D eigenvalue weighted by Gasteiger charge is -2.33. The Morgan fingerprint density at radius 1 is 1.32 bits per heavy atom. The zero-order valence-electron chi connectivity index (χ0n) is 14.8. The van der Waals surface area contributed by atoms with E-state index in [9.17, 15) is 5.11 Å². The Kier molecular flexibility index (Phi) is 7.31. The second kappa shape index (κ2) is 8.50. The highest BCUT2D eigenvalue weighted by Gasteiger charge is 2.26. The van der Waals surface area contributed by atoms with Gasteiger partial charge in [0.25, 0.3) is 0 Å². The Balaban J connectivity index is 2.75. The highest BCUT2D eigenvalue weighted by atomic mass is 16.3. The number of allylic oxidation sites excluding steroid dienone is 5. The van der Waals surface area contributed by atoms with Crippen molar-refractivity contribution >= 4 is 0 Å². The highest BCUT2D eigenvalue weighted by molar-refractivity contribution is 5.33. The van der Waals surface area contributed by atoms with E-state index in [4.69, 9.17) is 5.11 Å². The Morgan fingerprint density at radius 3 is 2.59 bits per heavy atom. The summed E-state index contributed by atoms with van der Waals surface area (Å²) in [5.74, 6) is 0.0659. The van der Waals surface area contributed by atoms with Gasteiger partial charge in [0.05, 0.1) is 12.7 Å². The van der Waals surface area contributed by atoms with Crippen LogP contribution in [0.1, 0.15) is 53.9 Å². The zero-order chi connectivity index (χ0) is 16.8. The summed E-state index contributed by atoms with van der Waals surface area (Å²) in [5.41, 5.74) is 4.11. The number of aliphatic hydroxyl groups is 2. The molecule has 2 atom stereocenters. The number of rotatable bonds is 6. The first kappa shape index (κ1) is 18.9. The Bertz CT molecular complexity index is 478. The first-order chi connectivity index (χ1) is 10.3. The quantitative estimate of drug-likeness (QED) is 0.706. The molecule has 0 heterocycles. The van der Waals surface area contributed by atoms with Gasteiger partial charge < -0.3 is 10.2 Å². The van der Waals surface area contributed by atoms with Crippen LogP contribution in [-0.4, -0.2) is 22.9 Å². The predicted octanol–water partition coefficient (Wildman–Crippen LogP) is 4.56. The van der Waals surface area contributed by atoms with Crippen molar-refractivity contribution in [2.24, 2.45) is 11.3 Å². The average molecular weight is 304 g/mol. The summed E-state index contributed by atoms with van der Waals surface area (Å²) in [6.07, 6.45) is 12.9. The van der Waals surface area contributed by atoms with Crippen LogP contribution >= 0.6 is 0 Å². The average Bonchev–Trinajstić information content (AvgIpc) is 2.43. The van der Waals surface area contributed by atoms with Gasteiger partial charge in [0, 0.05) is 5.92 Å². The van der Waals surface area contributed by atoms with Crippen LogP contribution in [0.5, 0.6) is 0 Å². The first-order valence-corrected chi connectivity index (χ1v) is 8.30. The third-order valence-corrected chi connectivity index (χ3v) is 4.62. The maximum Gasteiger partial charge on any atom is 0.0784 e. The lowest BCUT2D eigenvalue weighted by Crippen LogP contribution is -2.19. The molecule has 0 fully saturated rings. The monoisotopic (exact) mass is 304 g/mol. The number of aliphatic hydroxyl groups excluding tert-OH is 2. The normalized spacial score (nSPS) is 22.6. The lowest BCUT2D eigenvalue weighted by atomic mass is 9.72. The standard InChI is InChI=1S/C20H32O2/c1-15(12-14-21)8-11-19(22)17(3)9-10-18-16(2)7-6-13-20(18,4)5/h8-12,17,19,21-22H,6-7,13-14H2,1-5H3/b10-9+,11-8-,15-12-/t17-,19-/m1/s1. The number of hydrogen-bond acceptors (Lipinski definition) is 2. The van der Waals surface area contributed by atoms with Gasteiger partial charge in [-0.25, -0.2) is 0 Å². The Labute approximate surface area is 135 Å². The summed E-state index contributed by atoms with van der Waals surface area (Å²) < 4.78 is 0. The van der Waals surface area contributed by atoms with Gasteiger partial charge in [-0.3, -0.25) is 0 Å². The molecule has 1 rings (SSSR count). The molecule has 2 heteroatoms. The van der Waals surface area contributed by atoms with E-state index < -0.39 is 6.10 Å². The van der Waals surface area contributed by atoms with Crippen LogP contribution in [0.4, 0.5) is 0 Å². The molecule has 22 heavy (non-hydrogen) atoms. The van der Waals surface area contributed by atoms with E-state index in [2.05, 4.69) is 32.9 Å². The van der Waals surface area contributed by atoms with E-state index >= 15 is 0 Å². The SMILES string of the molecule is CC1=C(/C=C/[C@@H](C)[C@H](O)/C=C\C(C)=C/CO)C(C)(C)CCC1. The van der Waals surface area contributed by atoms with Crippen LogP contribution in [0.2, 0.25) is 0 Å². The van der Waals surface area contributed by atoms with Crippen LogP contribution in [0.3, 0.4) is 0 Å². The molecule has 124 valence electrons. The van der Waals surface area contributed by atoms with Crippen LogP contribution in [0.15, 0.2) is 47.1 Å². The minimum Gasteiger partial charge on any atom is -0.392 e. The van der Waals surface area contributed by atoms with Crippen molar-refractivity contribution in [3.63, 3.8) is 0 Å². The molecule has 0 amide bonds. The minimum absolute atomic E-state index is 0.0320. The summed E-state index contributed by atoms with van der Waals surface area (Å²) in [4.78, 5) is 0. The maximum absolute atomic E-state index is 10.2. The molecule has 0 aromatic carbocycles. The molecule has 0 aromatic heterocycles. The second-order valence-corrected chi connectivity index (χ2v) is 7.13. The molecule has 0 saturated carbocycles. The van der Waals surface area contributed by atoms with Crippen molar-refractivity contribution < 1.29 is 10.2 Å². The van der Waals surface area contributed by atoms with Crippen molar-refractivity contribution in [2.75, 3.05) is 6.61 Å². The van der Waals surface area contributed by atoms with Gasteiger partial charge in [-0.15, -0.1) is 0 Å². The summed E-state index contributed by atoms with van der Waals surface area (Å²) in [6, 6.07) is 0. The molecule has 2 nitrogen and oxygen atoms in total. The molecular weight excluding hydrogens is 272 g/mol. The molecule has 2 N–H and O–H groups in total. The molecule has 0 aromatic rings. The lowest BCUT2D eigenvalue weighted by molar-refractivity contribution is 0.185. The molecule has 0 bridgehead atoms. The van der Waals surface area contributed by atoms with E-state index in [1.807, 2.05) is 19.9 Å². The van der Waals surface area contributed by atoms with Gasteiger partial charge in [0.15, 0.2) is 0 Å². The van der Waals surface area contributed by atoms with Gasteiger partial charge in [-0.1, -0.05) is 62.3 Å². The molecule has 0 saturated heterocycles.